The van der Waals surface area contributed by atoms with Crippen molar-refractivity contribution in [3.8, 4) is 0 Å². The fraction of sp³-hybridized carbons (Fsp3) is 0.130. The number of carbonyl (C=O) groups is 2. The summed E-state index contributed by atoms with van der Waals surface area (Å²) in [5.74, 6) is -0.406. The zero-order chi connectivity index (χ0) is 18.9. The van der Waals surface area contributed by atoms with E-state index in [1.54, 1.807) is 17.9 Å². The summed E-state index contributed by atoms with van der Waals surface area (Å²) in [6, 6.07) is 26.4. The molecular weight excluding hydrogens is 336 g/mol. The maximum absolute atomic E-state index is 13.7. The number of nitrogens with one attached hydrogen (secondary N) is 1. The Balaban J connectivity index is 1.86. The first-order chi connectivity index (χ1) is 13.1. The van der Waals surface area contributed by atoms with Crippen molar-refractivity contribution in [2.45, 2.75) is 19.0 Å². The predicted molar refractivity (Wildman–Crippen MR) is 105 cm³/mol. The van der Waals surface area contributed by atoms with Gasteiger partial charge in [-0.05, 0) is 30.2 Å². The molecule has 4 nitrogen and oxygen atoms in total. The Labute approximate surface area is 158 Å². The predicted octanol–water partition coefficient (Wildman–Crippen LogP) is 3.88. The molecule has 1 atom stereocenters. The minimum atomic E-state index is -1.15. The molecule has 4 rings (SSSR count). The van der Waals surface area contributed by atoms with Gasteiger partial charge >= 0.3 is 0 Å². The van der Waals surface area contributed by atoms with Crippen LogP contribution in [0.4, 0.5) is 5.69 Å². The standard InChI is InChI=1S/C23H20N2O2/c1-23(18-12-6-3-7-13-18)22(27)25(16-17-10-4-2-5-11-17)20-15-9-8-14-19(20)21(26)24-23/h2-15H,16H2,1H3,(H,24,26). The van der Waals surface area contributed by atoms with Gasteiger partial charge in [0, 0.05) is 0 Å². The number of hydrogen-bond donors (Lipinski definition) is 1. The summed E-state index contributed by atoms with van der Waals surface area (Å²) in [6.07, 6.45) is 0. The van der Waals surface area contributed by atoms with Crippen LogP contribution < -0.4 is 10.2 Å². The van der Waals surface area contributed by atoms with E-state index < -0.39 is 5.54 Å². The molecule has 0 radical (unpaired) electrons. The molecule has 134 valence electrons. The Bertz CT molecular complexity index is 986. The van der Waals surface area contributed by atoms with Crippen LogP contribution in [0, 0.1) is 0 Å². The Morgan fingerprint density at radius 2 is 1.41 bits per heavy atom. The van der Waals surface area contributed by atoms with Gasteiger partial charge in [-0.2, -0.15) is 0 Å². The molecule has 1 aliphatic rings. The number of rotatable bonds is 3. The average Bonchev–Trinajstić information content (AvgIpc) is 2.79. The molecule has 4 heteroatoms. The number of benzene rings is 3. The molecule has 1 N–H and O–H groups in total. The highest BCUT2D eigenvalue weighted by Crippen LogP contribution is 2.33. The molecule has 0 saturated carbocycles. The average molecular weight is 356 g/mol. The van der Waals surface area contributed by atoms with Crippen molar-refractivity contribution in [1.82, 2.24) is 5.32 Å². The summed E-state index contributed by atoms with van der Waals surface area (Å²) < 4.78 is 0. The molecular formula is C23H20N2O2. The molecule has 0 spiro atoms. The lowest BCUT2D eigenvalue weighted by atomic mass is 9.90. The van der Waals surface area contributed by atoms with Crippen molar-refractivity contribution in [1.29, 1.82) is 0 Å². The topological polar surface area (TPSA) is 49.4 Å². The van der Waals surface area contributed by atoms with Gasteiger partial charge < -0.3 is 10.2 Å². The van der Waals surface area contributed by atoms with E-state index in [1.165, 1.54) is 0 Å². The molecule has 0 saturated heterocycles. The van der Waals surface area contributed by atoms with Gasteiger partial charge in [-0.15, -0.1) is 0 Å². The zero-order valence-corrected chi connectivity index (χ0v) is 15.1. The first kappa shape index (κ1) is 17.0. The number of nitrogens with zero attached hydrogens (tertiary/aromatic N) is 1. The summed E-state index contributed by atoms with van der Waals surface area (Å²) in [5, 5.41) is 2.96. The summed E-state index contributed by atoms with van der Waals surface area (Å²) in [5.41, 5.74) is 1.75. The van der Waals surface area contributed by atoms with Gasteiger partial charge in [-0.25, -0.2) is 0 Å². The van der Waals surface area contributed by atoms with Crippen molar-refractivity contribution in [3.05, 3.63) is 102 Å². The highest BCUT2D eigenvalue weighted by atomic mass is 16.2. The van der Waals surface area contributed by atoms with Crippen LogP contribution in [0.25, 0.3) is 0 Å². The number of amides is 2. The highest BCUT2D eigenvalue weighted by molar-refractivity contribution is 6.12. The van der Waals surface area contributed by atoms with E-state index in [2.05, 4.69) is 5.32 Å². The smallest absolute Gasteiger partial charge is 0.257 e. The number of para-hydroxylation sites is 1. The van der Waals surface area contributed by atoms with Crippen molar-refractivity contribution in [2.24, 2.45) is 0 Å². The van der Waals surface area contributed by atoms with E-state index in [9.17, 15) is 9.59 Å². The van der Waals surface area contributed by atoms with Gasteiger partial charge in [-0.1, -0.05) is 72.8 Å². The van der Waals surface area contributed by atoms with Crippen molar-refractivity contribution >= 4 is 17.5 Å². The Hall–Kier alpha value is -3.40. The van der Waals surface area contributed by atoms with Gasteiger partial charge in [-0.3, -0.25) is 9.59 Å². The third-order valence-corrected chi connectivity index (χ3v) is 5.01. The lowest BCUT2D eigenvalue weighted by molar-refractivity contribution is -0.124. The molecule has 0 aromatic heterocycles. The Kier molecular flexibility index (Phi) is 4.24. The molecule has 0 aliphatic carbocycles. The van der Waals surface area contributed by atoms with E-state index in [0.29, 0.717) is 17.8 Å². The monoisotopic (exact) mass is 356 g/mol. The normalized spacial score (nSPS) is 19.2. The molecule has 0 bridgehead atoms. The fourth-order valence-electron chi connectivity index (χ4n) is 3.52. The van der Waals surface area contributed by atoms with Crippen molar-refractivity contribution < 1.29 is 9.59 Å². The molecule has 0 fully saturated rings. The number of anilines is 1. The molecule has 3 aromatic rings. The largest absolute Gasteiger partial charge is 0.334 e. The maximum atomic E-state index is 13.7. The van der Waals surface area contributed by atoms with Gasteiger partial charge in [0.15, 0.2) is 0 Å². The van der Waals surface area contributed by atoms with E-state index in [0.717, 1.165) is 11.1 Å². The second-order valence-electron chi connectivity index (χ2n) is 6.84. The minimum Gasteiger partial charge on any atom is -0.334 e. The van der Waals surface area contributed by atoms with Crippen LogP contribution >= 0.6 is 0 Å². The van der Waals surface area contributed by atoms with Crippen LogP contribution in [-0.4, -0.2) is 11.8 Å². The fourth-order valence-corrected chi connectivity index (χ4v) is 3.52. The number of carbonyl (C=O) groups excluding carboxylic acids is 2. The van der Waals surface area contributed by atoms with Crippen molar-refractivity contribution in [3.63, 3.8) is 0 Å². The third kappa shape index (κ3) is 2.99. The van der Waals surface area contributed by atoms with Crippen LogP contribution in [-0.2, 0) is 16.9 Å². The van der Waals surface area contributed by atoms with Gasteiger partial charge in [0.25, 0.3) is 11.8 Å². The second-order valence-corrected chi connectivity index (χ2v) is 6.84. The van der Waals surface area contributed by atoms with Crippen LogP contribution in [0.3, 0.4) is 0 Å². The van der Waals surface area contributed by atoms with E-state index >= 15 is 0 Å². The minimum absolute atomic E-state index is 0.157. The molecule has 1 heterocycles. The summed E-state index contributed by atoms with van der Waals surface area (Å²) in [7, 11) is 0. The van der Waals surface area contributed by atoms with Crippen LogP contribution in [0.15, 0.2) is 84.9 Å². The van der Waals surface area contributed by atoms with Crippen LogP contribution in [0.2, 0.25) is 0 Å². The first-order valence-corrected chi connectivity index (χ1v) is 8.92. The lowest BCUT2D eigenvalue weighted by Crippen LogP contribution is -2.53. The molecule has 3 aromatic carbocycles. The molecule has 27 heavy (non-hydrogen) atoms. The van der Waals surface area contributed by atoms with E-state index in [4.69, 9.17) is 0 Å². The summed E-state index contributed by atoms with van der Waals surface area (Å²) in [6.45, 7) is 2.17. The molecule has 1 unspecified atom stereocenters. The second kappa shape index (κ2) is 6.72. The molecule has 2 amide bonds. The Morgan fingerprint density at radius 3 is 2.11 bits per heavy atom. The first-order valence-electron chi connectivity index (χ1n) is 8.92. The Morgan fingerprint density at radius 1 is 0.815 bits per heavy atom. The maximum Gasteiger partial charge on any atom is 0.257 e. The zero-order valence-electron chi connectivity index (χ0n) is 15.1. The van der Waals surface area contributed by atoms with Gasteiger partial charge in [0.2, 0.25) is 0 Å². The SMILES string of the molecule is CC1(c2ccccc2)NC(=O)c2ccccc2N(Cc2ccccc2)C1=O. The highest BCUT2D eigenvalue weighted by Gasteiger charge is 2.44. The summed E-state index contributed by atoms with van der Waals surface area (Å²) >= 11 is 0. The molecule has 1 aliphatic heterocycles. The third-order valence-electron chi connectivity index (χ3n) is 5.01. The van der Waals surface area contributed by atoms with E-state index in [-0.39, 0.29) is 11.8 Å². The van der Waals surface area contributed by atoms with Crippen LogP contribution in [0.1, 0.15) is 28.4 Å². The van der Waals surface area contributed by atoms with Crippen LogP contribution in [0.5, 0.6) is 0 Å². The van der Waals surface area contributed by atoms with E-state index in [1.807, 2.05) is 78.9 Å². The van der Waals surface area contributed by atoms with Crippen molar-refractivity contribution in [2.75, 3.05) is 4.90 Å². The van der Waals surface area contributed by atoms with Gasteiger partial charge in [0.05, 0.1) is 17.8 Å². The summed E-state index contributed by atoms with van der Waals surface area (Å²) in [4.78, 5) is 28.3. The number of hydrogen-bond acceptors (Lipinski definition) is 2. The number of fused-ring (bicyclic) bond motifs is 1. The quantitative estimate of drug-likeness (QED) is 0.774. The lowest BCUT2D eigenvalue weighted by Gasteiger charge is -2.33. The van der Waals surface area contributed by atoms with Gasteiger partial charge in [0.1, 0.15) is 5.54 Å².